The van der Waals surface area contributed by atoms with Gasteiger partial charge in [-0.2, -0.15) is 0 Å². The summed E-state index contributed by atoms with van der Waals surface area (Å²) in [6.07, 6.45) is 5.93. The summed E-state index contributed by atoms with van der Waals surface area (Å²) in [4.78, 5) is 17.1. The van der Waals surface area contributed by atoms with E-state index in [1.807, 2.05) is 47.0 Å². The van der Waals surface area contributed by atoms with Gasteiger partial charge in [0.2, 0.25) is 0 Å². The van der Waals surface area contributed by atoms with Crippen molar-refractivity contribution < 1.29 is 5.11 Å². The molecule has 3 aromatic heterocycles. The van der Waals surface area contributed by atoms with Crippen molar-refractivity contribution in [3.05, 3.63) is 88.5 Å². The number of nitrogens with zero attached hydrogens (tertiary/aromatic N) is 2. The van der Waals surface area contributed by atoms with Crippen molar-refractivity contribution in [1.29, 1.82) is 0 Å². The number of hydrogen-bond donors (Lipinski definition) is 1. The molecule has 25 heavy (non-hydrogen) atoms. The van der Waals surface area contributed by atoms with E-state index in [2.05, 4.69) is 4.98 Å². The first-order valence-corrected chi connectivity index (χ1v) is 8.12. The standard InChI is InChI=1S/C21H14N2O2/c24-15-6-7-16-17-4-1-5-18-20(17)23(19(16)10-15)12-14(21(18)25)9-13-3-2-8-22-11-13/h1-8,10-12,24H,9H2. The Bertz CT molecular complexity index is 1290. The Morgan fingerprint density at radius 2 is 1.88 bits per heavy atom. The lowest BCUT2D eigenvalue weighted by Crippen LogP contribution is -2.12. The molecule has 3 heterocycles. The molecule has 5 aromatic rings. The van der Waals surface area contributed by atoms with Gasteiger partial charge in [-0.05, 0) is 29.8 Å². The third-order valence-corrected chi connectivity index (χ3v) is 4.75. The number of pyridine rings is 2. The van der Waals surface area contributed by atoms with Crippen LogP contribution in [0.3, 0.4) is 0 Å². The van der Waals surface area contributed by atoms with Gasteiger partial charge in [-0.15, -0.1) is 0 Å². The number of fused-ring (bicyclic) bond motifs is 3. The van der Waals surface area contributed by atoms with Crippen LogP contribution in [-0.4, -0.2) is 14.5 Å². The Labute approximate surface area is 142 Å². The summed E-state index contributed by atoms with van der Waals surface area (Å²) in [6.45, 7) is 0. The van der Waals surface area contributed by atoms with Crippen LogP contribution in [0.5, 0.6) is 5.75 Å². The first-order chi connectivity index (χ1) is 12.2. The van der Waals surface area contributed by atoms with E-state index in [0.29, 0.717) is 17.4 Å². The zero-order valence-corrected chi connectivity index (χ0v) is 13.3. The normalized spacial score (nSPS) is 11.7. The number of phenols is 1. The molecule has 5 rings (SSSR count). The molecule has 4 heteroatoms. The first-order valence-electron chi connectivity index (χ1n) is 8.12. The van der Waals surface area contributed by atoms with Gasteiger partial charge in [0.05, 0.1) is 11.0 Å². The fourth-order valence-electron chi connectivity index (χ4n) is 3.64. The number of benzene rings is 2. The van der Waals surface area contributed by atoms with Crippen LogP contribution in [0.2, 0.25) is 0 Å². The Hall–Kier alpha value is -3.40. The second-order valence-electron chi connectivity index (χ2n) is 6.29. The minimum Gasteiger partial charge on any atom is -0.508 e. The van der Waals surface area contributed by atoms with E-state index in [0.717, 1.165) is 27.4 Å². The molecule has 0 fully saturated rings. The van der Waals surface area contributed by atoms with E-state index in [1.54, 1.807) is 24.5 Å². The second-order valence-corrected chi connectivity index (χ2v) is 6.29. The van der Waals surface area contributed by atoms with Crippen molar-refractivity contribution >= 4 is 27.2 Å². The van der Waals surface area contributed by atoms with Crippen molar-refractivity contribution in [2.75, 3.05) is 0 Å². The topological polar surface area (TPSA) is 54.6 Å². The van der Waals surface area contributed by atoms with Gasteiger partial charge in [-0.1, -0.05) is 18.2 Å². The van der Waals surface area contributed by atoms with E-state index in [-0.39, 0.29) is 11.2 Å². The number of phenolic OH excluding ortho intramolecular Hbond substituents is 1. The molecule has 0 atom stereocenters. The van der Waals surface area contributed by atoms with Crippen molar-refractivity contribution in [1.82, 2.24) is 9.38 Å². The number of aromatic nitrogens is 2. The average molecular weight is 326 g/mol. The van der Waals surface area contributed by atoms with Crippen LogP contribution >= 0.6 is 0 Å². The zero-order valence-electron chi connectivity index (χ0n) is 13.3. The molecule has 0 aliphatic rings. The zero-order chi connectivity index (χ0) is 17.0. The smallest absolute Gasteiger partial charge is 0.192 e. The summed E-state index contributed by atoms with van der Waals surface area (Å²) in [6, 6.07) is 15.0. The molecule has 0 saturated carbocycles. The van der Waals surface area contributed by atoms with E-state index < -0.39 is 0 Å². The number of rotatable bonds is 2. The third kappa shape index (κ3) is 2.01. The Balaban J connectivity index is 1.89. The lowest BCUT2D eigenvalue weighted by Gasteiger charge is -2.06. The lowest BCUT2D eigenvalue weighted by molar-refractivity contribution is 0.476. The summed E-state index contributed by atoms with van der Waals surface area (Å²) in [7, 11) is 0. The molecular weight excluding hydrogens is 312 g/mol. The molecule has 0 aliphatic carbocycles. The fourth-order valence-corrected chi connectivity index (χ4v) is 3.64. The van der Waals surface area contributed by atoms with E-state index in [1.165, 1.54) is 0 Å². The monoisotopic (exact) mass is 326 g/mol. The molecule has 0 spiro atoms. The van der Waals surface area contributed by atoms with Gasteiger partial charge in [-0.25, -0.2) is 0 Å². The van der Waals surface area contributed by atoms with Crippen LogP contribution in [-0.2, 0) is 6.42 Å². The molecule has 1 N–H and O–H groups in total. The minimum absolute atomic E-state index is 0.0500. The summed E-state index contributed by atoms with van der Waals surface area (Å²) >= 11 is 0. The molecule has 0 amide bonds. The van der Waals surface area contributed by atoms with Crippen molar-refractivity contribution in [2.24, 2.45) is 0 Å². The summed E-state index contributed by atoms with van der Waals surface area (Å²) < 4.78 is 2.02. The van der Waals surface area contributed by atoms with E-state index in [9.17, 15) is 9.90 Å². The van der Waals surface area contributed by atoms with Crippen molar-refractivity contribution in [2.45, 2.75) is 6.42 Å². The Kier molecular flexibility index (Phi) is 2.82. The SMILES string of the molecule is O=c1c(Cc2cccnc2)cn2c3cc(O)ccc3c3cccc1c32. The summed E-state index contributed by atoms with van der Waals surface area (Å²) in [5.41, 5.74) is 3.57. The van der Waals surface area contributed by atoms with Crippen LogP contribution in [0.4, 0.5) is 0 Å². The molecule has 0 unspecified atom stereocenters. The maximum Gasteiger partial charge on any atom is 0.192 e. The maximum absolute atomic E-state index is 13.0. The summed E-state index contributed by atoms with van der Waals surface area (Å²) in [5.74, 6) is 0.215. The third-order valence-electron chi connectivity index (χ3n) is 4.75. The van der Waals surface area contributed by atoms with Gasteiger partial charge >= 0.3 is 0 Å². The van der Waals surface area contributed by atoms with Gasteiger partial charge in [-0.3, -0.25) is 9.78 Å². The predicted octanol–water partition coefficient (Wildman–Crippen LogP) is 3.74. The van der Waals surface area contributed by atoms with Crippen molar-refractivity contribution in [3.63, 3.8) is 0 Å². The molecule has 0 bridgehead atoms. The Morgan fingerprint density at radius 1 is 1.00 bits per heavy atom. The first kappa shape index (κ1) is 14.0. The molecule has 0 aliphatic heterocycles. The van der Waals surface area contributed by atoms with Gasteiger partial charge < -0.3 is 9.51 Å². The molecule has 0 radical (unpaired) electrons. The van der Waals surface area contributed by atoms with Gasteiger partial charge in [0.15, 0.2) is 5.43 Å². The van der Waals surface area contributed by atoms with Crippen LogP contribution in [0.25, 0.3) is 27.2 Å². The van der Waals surface area contributed by atoms with Gasteiger partial charge in [0.1, 0.15) is 5.75 Å². The largest absolute Gasteiger partial charge is 0.508 e. The highest BCUT2D eigenvalue weighted by Gasteiger charge is 2.15. The van der Waals surface area contributed by atoms with Gasteiger partial charge in [0, 0.05) is 52.8 Å². The van der Waals surface area contributed by atoms with Crippen LogP contribution in [0.15, 0.2) is 71.9 Å². The Morgan fingerprint density at radius 3 is 2.72 bits per heavy atom. The predicted molar refractivity (Wildman–Crippen MR) is 98.6 cm³/mol. The van der Waals surface area contributed by atoms with Gasteiger partial charge in [0.25, 0.3) is 0 Å². The van der Waals surface area contributed by atoms with E-state index >= 15 is 0 Å². The summed E-state index contributed by atoms with van der Waals surface area (Å²) in [5, 5.41) is 12.7. The van der Waals surface area contributed by atoms with Crippen LogP contribution < -0.4 is 5.43 Å². The number of aromatic hydroxyl groups is 1. The molecule has 120 valence electrons. The van der Waals surface area contributed by atoms with Crippen molar-refractivity contribution in [3.8, 4) is 5.75 Å². The minimum atomic E-state index is 0.0500. The highest BCUT2D eigenvalue weighted by Crippen LogP contribution is 2.32. The highest BCUT2D eigenvalue weighted by atomic mass is 16.3. The van der Waals surface area contributed by atoms with E-state index in [4.69, 9.17) is 0 Å². The fraction of sp³-hybridized carbons (Fsp3) is 0.0476. The molecule has 2 aromatic carbocycles. The maximum atomic E-state index is 13.0. The average Bonchev–Trinajstić information content (AvgIpc) is 2.94. The number of para-hydroxylation sites is 1. The van der Waals surface area contributed by atoms with Crippen LogP contribution in [0, 0.1) is 0 Å². The molecular formula is C21H14N2O2. The quantitative estimate of drug-likeness (QED) is 0.538. The molecule has 0 saturated heterocycles. The highest BCUT2D eigenvalue weighted by molar-refractivity contribution is 6.14. The lowest BCUT2D eigenvalue weighted by atomic mass is 10.0. The number of hydrogen-bond acceptors (Lipinski definition) is 3. The molecule has 4 nitrogen and oxygen atoms in total. The second kappa shape index (κ2) is 5.05. The van der Waals surface area contributed by atoms with Crippen LogP contribution in [0.1, 0.15) is 11.1 Å².